The summed E-state index contributed by atoms with van der Waals surface area (Å²) in [6.07, 6.45) is 25.9. The molecule has 0 aromatic heterocycles. The largest absolute Gasteiger partial charge is 0.480 e. The molecule has 0 saturated carbocycles. The van der Waals surface area contributed by atoms with Crippen LogP contribution in [0.3, 0.4) is 0 Å². The van der Waals surface area contributed by atoms with Gasteiger partial charge in [-0.05, 0) is 38.5 Å². The fourth-order valence-electron chi connectivity index (χ4n) is 4.65. The number of carbonyl (C=O) groups excluding carboxylic acids is 2. The van der Waals surface area contributed by atoms with Gasteiger partial charge in [0, 0.05) is 12.8 Å². The van der Waals surface area contributed by atoms with Gasteiger partial charge in [-0.2, -0.15) is 0 Å². The SMILES string of the molecule is CCCCCCC/C=C/CCCCCCCC(=O)OC[C@@H](COP(=O)(O)OC[C@@H](N)C(=O)O)OC(=O)CCCCCCCCCC. The van der Waals surface area contributed by atoms with Crippen molar-refractivity contribution in [2.45, 2.75) is 167 Å². The number of carbonyl (C=O) groups is 3. The summed E-state index contributed by atoms with van der Waals surface area (Å²) in [4.78, 5) is 45.5. The molecule has 4 N–H and O–H groups in total. The predicted molar refractivity (Wildman–Crippen MR) is 180 cm³/mol. The van der Waals surface area contributed by atoms with Crippen molar-refractivity contribution in [2.75, 3.05) is 19.8 Å². The first-order valence-electron chi connectivity index (χ1n) is 17.7. The smallest absolute Gasteiger partial charge is 0.472 e. The predicted octanol–water partition coefficient (Wildman–Crippen LogP) is 8.17. The van der Waals surface area contributed by atoms with Crippen molar-refractivity contribution in [3.05, 3.63) is 12.2 Å². The summed E-state index contributed by atoms with van der Waals surface area (Å²) < 4.78 is 32.4. The van der Waals surface area contributed by atoms with E-state index in [4.69, 9.17) is 24.8 Å². The fourth-order valence-corrected chi connectivity index (χ4v) is 5.42. The third-order valence-corrected chi connectivity index (χ3v) is 8.46. The van der Waals surface area contributed by atoms with Gasteiger partial charge in [0.1, 0.15) is 12.6 Å². The molecular weight excluding hydrogens is 613 g/mol. The Kier molecular flexibility index (Phi) is 29.4. The molecule has 0 rings (SSSR count). The van der Waals surface area contributed by atoms with E-state index in [1.807, 2.05) is 0 Å². The van der Waals surface area contributed by atoms with Gasteiger partial charge in [0.25, 0.3) is 0 Å². The Balaban J connectivity index is 4.43. The highest BCUT2D eigenvalue weighted by Crippen LogP contribution is 2.43. The second-order valence-electron chi connectivity index (χ2n) is 12.0. The van der Waals surface area contributed by atoms with Gasteiger partial charge in [0.05, 0.1) is 13.2 Å². The zero-order valence-electron chi connectivity index (χ0n) is 28.7. The molecule has 0 heterocycles. The van der Waals surface area contributed by atoms with Gasteiger partial charge in [0.2, 0.25) is 0 Å². The van der Waals surface area contributed by atoms with Crippen LogP contribution in [0.2, 0.25) is 0 Å². The monoisotopic (exact) mass is 677 g/mol. The molecule has 0 aromatic rings. The minimum Gasteiger partial charge on any atom is -0.480 e. The summed E-state index contributed by atoms with van der Waals surface area (Å²) in [5, 5.41) is 8.82. The Morgan fingerprint density at radius 3 is 1.59 bits per heavy atom. The standard InChI is InChI=1S/C34H64NO10P/c1-3-5-7-9-11-13-14-15-16-17-18-20-21-23-25-32(36)42-27-30(28-43-46(40,41)44-29-31(35)34(38)39)45-33(37)26-24-22-19-12-10-8-6-4-2/h14-15,30-31H,3-13,16-29,35H2,1-2H3,(H,38,39)(H,40,41)/b15-14+/t30-,31+/m0/s1. The molecule has 0 aliphatic rings. The molecule has 0 aromatic carbocycles. The number of unbranched alkanes of at least 4 members (excludes halogenated alkanes) is 17. The molecule has 0 amide bonds. The molecule has 46 heavy (non-hydrogen) atoms. The minimum atomic E-state index is -4.70. The van der Waals surface area contributed by atoms with E-state index >= 15 is 0 Å². The second-order valence-corrected chi connectivity index (χ2v) is 13.5. The number of ether oxygens (including phenoxy) is 2. The Morgan fingerprint density at radius 1 is 0.652 bits per heavy atom. The maximum Gasteiger partial charge on any atom is 0.472 e. The number of hydrogen-bond acceptors (Lipinski definition) is 9. The summed E-state index contributed by atoms with van der Waals surface area (Å²) in [5.74, 6) is -2.39. The minimum absolute atomic E-state index is 0.162. The average Bonchev–Trinajstić information content (AvgIpc) is 3.02. The molecular formula is C34H64NO10P. The third kappa shape index (κ3) is 29.6. The first kappa shape index (κ1) is 44.2. The van der Waals surface area contributed by atoms with Gasteiger partial charge in [0.15, 0.2) is 6.10 Å². The van der Waals surface area contributed by atoms with Crippen LogP contribution in [0.5, 0.6) is 0 Å². The number of rotatable bonds is 33. The van der Waals surface area contributed by atoms with E-state index in [1.165, 1.54) is 57.8 Å². The van der Waals surface area contributed by atoms with Gasteiger partial charge in [-0.3, -0.25) is 23.4 Å². The van der Waals surface area contributed by atoms with Gasteiger partial charge in [-0.15, -0.1) is 0 Å². The Labute approximate surface area is 278 Å². The quantitative estimate of drug-likeness (QED) is 0.0265. The third-order valence-electron chi connectivity index (χ3n) is 7.51. The maximum absolute atomic E-state index is 12.4. The van der Waals surface area contributed by atoms with E-state index in [1.54, 1.807) is 0 Å². The summed E-state index contributed by atoms with van der Waals surface area (Å²) >= 11 is 0. The van der Waals surface area contributed by atoms with E-state index in [0.717, 1.165) is 57.8 Å². The van der Waals surface area contributed by atoms with Crippen LogP contribution in [0.25, 0.3) is 0 Å². The highest BCUT2D eigenvalue weighted by molar-refractivity contribution is 7.47. The van der Waals surface area contributed by atoms with Crippen LogP contribution in [-0.4, -0.2) is 59.9 Å². The lowest BCUT2D eigenvalue weighted by Gasteiger charge is -2.20. The number of phosphoric acid groups is 1. The molecule has 0 radical (unpaired) electrons. The lowest BCUT2D eigenvalue weighted by molar-refractivity contribution is -0.161. The topological polar surface area (TPSA) is 172 Å². The van der Waals surface area contributed by atoms with E-state index in [9.17, 15) is 23.8 Å². The number of esters is 2. The maximum atomic E-state index is 12.4. The van der Waals surface area contributed by atoms with Crippen LogP contribution in [0.4, 0.5) is 0 Å². The Bertz CT molecular complexity index is 854. The summed E-state index contributed by atoms with van der Waals surface area (Å²) in [6, 6.07) is -1.52. The lowest BCUT2D eigenvalue weighted by Crippen LogP contribution is -2.34. The zero-order valence-corrected chi connectivity index (χ0v) is 29.6. The Morgan fingerprint density at radius 2 is 1.09 bits per heavy atom. The number of phosphoric ester groups is 1. The molecule has 0 aliphatic carbocycles. The van der Waals surface area contributed by atoms with Crippen LogP contribution in [0.1, 0.15) is 155 Å². The van der Waals surface area contributed by atoms with Crippen LogP contribution in [0.15, 0.2) is 12.2 Å². The van der Waals surface area contributed by atoms with Crippen molar-refractivity contribution in [2.24, 2.45) is 5.73 Å². The number of carboxylic acids is 1. The second kappa shape index (κ2) is 30.5. The van der Waals surface area contributed by atoms with Crippen molar-refractivity contribution in [3.8, 4) is 0 Å². The summed E-state index contributed by atoms with van der Waals surface area (Å²) in [7, 11) is -4.70. The van der Waals surface area contributed by atoms with Gasteiger partial charge < -0.3 is 25.2 Å². The number of allylic oxidation sites excluding steroid dienone is 2. The first-order valence-corrected chi connectivity index (χ1v) is 19.2. The molecule has 11 nitrogen and oxygen atoms in total. The number of hydrogen-bond donors (Lipinski definition) is 3. The molecule has 0 spiro atoms. The van der Waals surface area contributed by atoms with Gasteiger partial charge in [-0.25, -0.2) is 4.57 Å². The lowest BCUT2D eigenvalue weighted by atomic mass is 10.1. The highest BCUT2D eigenvalue weighted by Gasteiger charge is 2.28. The molecule has 270 valence electrons. The van der Waals surface area contributed by atoms with Gasteiger partial charge >= 0.3 is 25.7 Å². The van der Waals surface area contributed by atoms with Crippen molar-refractivity contribution < 1.29 is 47.5 Å². The fraction of sp³-hybridized carbons (Fsp3) is 0.853. The first-order chi connectivity index (χ1) is 22.1. The molecule has 3 atom stereocenters. The average molecular weight is 678 g/mol. The molecule has 0 aliphatic heterocycles. The van der Waals surface area contributed by atoms with Crippen LogP contribution in [0, 0.1) is 0 Å². The normalized spacial score (nSPS) is 14.2. The van der Waals surface area contributed by atoms with E-state index < -0.39 is 51.1 Å². The van der Waals surface area contributed by atoms with Crippen molar-refractivity contribution in [3.63, 3.8) is 0 Å². The number of nitrogens with two attached hydrogens (primary N) is 1. The highest BCUT2D eigenvalue weighted by atomic mass is 31.2. The van der Waals surface area contributed by atoms with Crippen molar-refractivity contribution >= 4 is 25.7 Å². The molecule has 0 saturated heterocycles. The number of carboxylic acid groups (broad SMARTS) is 1. The van der Waals surface area contributed by atoms with E-state index in [0.29, 0.717) is 12.8 Å². The summed E-state index contributed by atoms with van der Waals surface area (Å²) in [6.45, 7) is 2.72. The molecule has 1 unspecified atom stereocenters. The van der Waals surface area contributed by atoms with E-state index in [2.05, 4.69) is 30.5 Å². The van der Waals surface area contributed by atoms with Crippen molar-refractivity contribution in [1.29, 1.82) is 0 Å². The van der Waals surface area contributed by atoms with Crippen molar-refractivity contribution in [1.82, 2.24) is 0 Å². The molecule has 0 fully saturated rings. The molecule has 0 bridgehead atoms. The Hall–Kier alpha value is -1.78. The van der Waals surface area contributed by atoms with Crippen LogP contribution < -0.4 is 5.73 Å². The molecule has 12 heteroatoms. The van der Waals surface area contributed by atoms with E-state index in [-0.39, 0.29) is 19.4 Å². The van der Waals surface area contributed by atoms with Gasteiger partial charge in [-0.1, -0.05) is 116 Å². The van der Waals surface area contributed by atoms with Crippen LogP contribution in [-0.2, 0) is 37.5 Å². The van der Waals surface area contributed by atoms with Crippen LogP contribution >= 0.6 is 7.82 Å². The zero-order chi connectivity index (χ0) is 34.3. The number of aliphatic carboxylic acids is 1. The summed E-state index contributed by atoms with van der Waals surface area (Å²) in [5.41, 5.74) is 5.29.